The number of anilines is 1. The van der Waals surface area contributed by atoms with Crippen molar-refractivity contribution in [3.8, 4) is 24.5 Å². The minimum atomic E-state index is -1.20. The van der Waals surface area contributed by atoms with E-state index < -0.39 is 18.5 Å². The van der Waals surface area contributed by atoms with Crippen LogP contribution in [0.4, 0.5) is 10.5 Å². The van der Waals surface area contributed by atoms with Gasteiger partial charge in [-0.05, 0) is 18.2 Å². The zero-order valence-corrected chi connectivity index (χ0v) is 10.8. The van der Waals surface area contributed by atoms with E-state index in [0.717, 1.165) is 4.90 Å². The van der Waals surface area contributed by atoms with Crippen molar-refractivity contribution < 1.29 is 14.7 Å². The Morgan fingerprint density at radius 1 is 1.29 bits per heavy atom. The van der Waals surface area contributed by atoms with Crippen molar-refractivity contribution in [3.63, 3.8) is 0 Å². The van der Waals surface area contributed by atoms with Crippen LogP contribution in [0.5, 0.6) is 0 Å². The fourth-order valence-electron chi connectivity index (χ4n) is 1.49. The van der Waals surface area contributed by atoms with Crippen LogP contribution in [0.15, 0.2) is 18.2 Å². The van der Waals surface area contributed by atoms with Crippen LogP contribution in [0.3, 0.4) is 0 Å². The van der Waals surface area contributed by atoms with Gasteiger partial charge in [0.1, 0.15) is 18.7 Å². The Morgan fingerprint density at radius 3 is 2.48 bits per heavy atom. The Bertz CT molecular complexity index is 692. The number of amides is 2. The van der Waals surface area contributed by atoms with E-state index in [1.807, 2.05) is 12.1 Å². The molecule has 1 rings (SSSR count). The minimum absolute atomic E-state index is 0.108. The van der Waals surface area contributed by atoms with Crippen LogP contribution in [0, 0.1) is 35.0 Å². The molecule has 0 saturated heterocycles. The summed E-state index contributed by atoms with van der Waals surface area (Å²) in [6.07, 6.45) is 5.08. The lowest BCUT2D eigenvalue weighted by atomic mass is 10.1. The topological polar surface area (TPSA) is 117 Å². The molecule has 104 valence electrons. The Kier molecular flexibility index (Phi) is 5.32. The number of rotatable bonds is 4. The van der Waals surface area contributed by atoms with Crippen molar-refractivity contribution >= 4 is 17.7 Å². The number of nitriles is 2. The molecule has 0 aliphatic carbocycles. The van der Waals surface area contributed by atoms with Gasteiger partial charge in [0.05, 0.1) is 17.7 Å². The molecule has 0 spiro atoms. The molecule has 2 N–H and O–H groups in total. The number of aliphatic carboxylic acids is 1. The predicted molar refractivity (Wildman–Crippen MR) is 72.9 cm³/mol. The average molecular weight is 282 g/mol. The highest BCUT2D eigenvalue weighted by Crippen LogP contribution is 2.15. The lowest BCUT2D eigenvalue weighted by Gasteiger charge is -2.18. The fourth-order valence-corrected chi connectivity index (χ4v) is 1.49. The average Bonchev–Trinajstić information content (AvgIpc) is 2.46. The van der Waals surface area contributed by atoms with Crippen LogP contribution in [0.1, 0.15) is 11.1 Å². The highest BCUT2D eigenvalue weighted by molar-refractivity contribution is 5.91. The molecule has 1 aromatic carbocycles. The highest BCUT2D eigenvalue weighted by Gasteiger charge is 2.16. The Morgan fingerprint density at radius 2 is 1.95 bits per heavy atom. The van der Waals surface area contributed by atoms with E-state index in [1.165, 1.54) is 18.2 Å². The fraction of sp³-hybridized carbons (Fsp3) is 0.143. The summed E-state index contributed by atoms with van der Waals surface area (Å²) < 4.78 is 0. The second-order valence-corrected chi connectivity index (χ2v) is 3.87. The molecule has 2 amide bonds. The molecular weight excluding hydrogens is 272 g/mol. The van der Waals surface area contributed by atoms with Crippen LogP contribution in [-0.2, 0) is 4.79 Å². The molecule has 7 nitrogen and oxygen atoms in total. The van der Waals surface area contributed by atoms with Crippen molar-refractivity contribution in [2.45, 2.75) is 0 Å². The third kappa shape index (κ3) is 4.27. The molecule has 0 atom stereocenters. The summed E-state index contributed by atoms with van der Waals surface area (Å²) in [6.45, 7) is -0.711. The first-order chi connectivity index (χ1) is 10.0. The summed E-state index contributed by atoms with van der Waals surface area (Å²) in [7, 11) is 0. The number of carboxylic acids is 1. The Balaban J connectivity index is 2.92. The van der Waals surface area contributed by atoms with Gasteiger partial charge in [-0.1, -0.05) is 5.92 Å². The maximum Gasteiger partial charge on any atom is 0.323 e. The maximum atomic E-state index is 11.9. The van der Waals surface area contributed by atoms with Crippen molar-refractivity contribution in [3.05, 3.63) is 29.3 Å². The molecular formula is C14H10N4O3. The van der Waals surface area contributed by atoms with Crippen molar-refractivity contribution in [1.82, 2.24) is 4.90 Å². The Labute approximate surface area is 121 Å². The number of benzene rings is 1. The molecule has 0 bridgehead atoms. The number of hydrogen-bond donors (Lipinski definition) is 2. The zero-order chi connectivity index (χ0) is 15.8. The van der Waals surface area contributed by atoms with E-state index in [1.54, 1.807) is 0 Å². The molecule has 1 aromatic rings. The van der Waals surface area contributed by atoms with Gasteiger partial charge in [-0.15, -0.1) is 6.42 Å². The maximum absolute atomic E-state index is 11.9. The van der Waals surface area contributed by atoms with Gasteiger partial charge in [-0.2, -0.15) is 10.5 Å². The third-order valence-electron chi connectivity index (χ3n) is 2.41. The second kappa shape index (κ2) is 7.18. The normalized spacial score (nSPS) is 8.81. The van der Waals surface area contributed by atoms with Crippen LogP contribution in [-0.4, -0.2) is 35.1 Å². The van der Waals surface area contributed by atoms with Gasteiger partial charge in [0, 0.05) is 5.69 Å². The molecule has 0 unspecified atom stereocenters. The minimum Gasteiger partial charge on any atom is -0.480 e. The molecule has 0 aliphatic rings. The molecule has 7 heteroatoms. The number of urea groups is 1. The van der Waals surface area contributed by atoms with Gasteiger partial charge in [-0.3, -0.25) is 4.79 Å². The van der Waals surface area contributed by atoms with Gasteiger partial charge in [0.2, 0.25) is 0 Å². The van der Waals surface area contributed by atoms with Crippen molar-refractivity contribution in [1.29, 1.82) is 10.5 Å². The SMILES string of the molecule is C#CCN(CC(=O)O)C(=O)Nc1ccc(C#N)c(C#N)c1. The third-order valence-corrected chi connectivity index (χ3v) is 2.41. The summed E-state index contributed by atoms with van der Waals surface area (Å²) in [5.74, 6) is 0.991. The number of carbonyl (C=O) groups is 2. The van der Waals surface area contributed by atoms with Gasteiger partial charge < -0.3 is 15.3 Å². The number of terminal acetylenes is 1. The van der Waals surface area contributed by atoms with Crippen LogP contribution >= 0.6 is 0 Å². The van der Waals surface area contributed by atoms with E-state index in [9.17, 15) is 9.59 Å². The molecule has 0 fully saturated rings. The number of hydrogen-bond acceptors (Lipinski definition) is 4. The molecule has 0 radical (unpaired) electrons. The number of carboxylic acid groups (broad SMARTS) is 1. The van der Waals surface area contributed by atoms with Crippen LogP contribution in [0.25, 0.3) is 0 Å². The summed E-state index contributed by atoms with van der Waals surface area (Å²) in [4.78, 5) is 23.5. The number of nitrogens with one attached hydrogen (secondary N) is 1. The van der Waals surface area contributed by atoms with Crippen LogP contribution in [0.2, 0.25) is 0 Å². The monoisotopic (exact) mass is 282 g/mol. The molecule has 21 heavy (non-hydrogen) atoms. The first-order valence-electron chi connectivity index (χ1n) is 5.67. The van der Waals surface area contributed by atoms with E-state index in [0.29, 0.717) is 0 Å². The first-order valence-corrected chi connectivity index (χ1v) is 5.67. The molecule has 0 aliphatic heterocycles. The van der Waals surface area contributed by atoms with Crippen LogP contribution < -0.4 is 5.32 Å². The lowest BCUT2D eigenvalue weighted by molar-refractivity contribution is -0.137. The zero-order valence-electron chi connectivity index (χ0n) is 10.8. The smallest absolute Gasteiger partial charge is 0.323 e. The highest BCUT2D eigenvalue weighted by atomic mass is 16.4. The van der Waals surface area contributed by atoms with Crippen molar-refractivity contribution in [2.75, 3.05) is 18.4 Å². The van der Waals surface area contributed by atoms with E-state index in [2.05, 4.69) is 11.2 Å². The summed E-state index contributed by atoms with van der Waals surface area (Å²) in [5.41, 5.74) is 0.557. The summed E-state index contributed by atoms with van der Waals surface area (Å²) in [6, 6.07) is 7.12. The number of carbonyl (C=O) groups excluding carboxylic acids is 1. The number of nitrogens with zero attached hydrogens (tertiary/aromatic N) is 3. The molecule has 0 aromatic heterocycles. The van der Waals surface area contributed by atoms with E-state index in [4.69, 9.17) is 22.1 Å². The van der Waals surface area contributed by atoms with E-state index in [-0.39, 0.29) is 23.4 Å². The second-order valence-electron chi connectivity index (χ2n) is 3.87. The summed E-state index contributed by atoms with van der Waals surface area (Å²) >= 11 is 0. The molecule has 0 saturated carbocycles. The van der Waals surface area contributed by atoms with Gasteiger partial charge >= 0.3 is 12.0 Å². The summed E-state index contributed by atoms with van der Waals surface area (Å²) in [5, 5.41) is 28.8. The first kappa shape index (κ1) is 15.6. The standard InChI is InChI=1S/C14H10N4O3/c1-2-5-18(9-13(19)20)14(21)17-12-4-3-10(7-15)11(6-12)8-16/h1,3-4,6H,5,9H2,(H,17,21)(H,19,20). The Hall–Kier alpha value is -3.50. The quantitative estimate of drug-likeness (QED) is 0.798. The van der Waals surface area contributed by atoms with Gasteiger partial charge in [0.25, 0.3) is 0 Å². The largest absolute Gasteiger partial charge is 0.480 e. The predicted octanol–water partition coefficient (Wildman–Crippen LogP) is 0.982. The van der Waals surface area contributed by atoms with E-state index >= 15 is 0 Å². The van der Waals surface area contributed by atoms with Gasteiger partial charge in [0.15, 0.2) is 0 Å². The molecule has 0 heterocycles. The lowest BCUT2D eigenvalue weighted by Crippen LogP contribution is -2.39. The van der Waals surface area contributed by atoms with Gasteiger partial charge in [-0.25, -0.2) is 4.79 Å². The van der Waals surface area contributed by atoms with Crippen molar-refractivity contribution in [2.24, 2.45) is 0 Å².